The molecule has 0 aliphatic carbocycles. The van der Waals surface area contributed by atoms with Crippen molar-refractivity contribution in [1.82, 2.24) is 0 Å². The number of benzene rings is 1. The summed E-state index contributed by atoms with van der Waals surface area (Å²) in [4.78, 5) is 0. The zero-order chi connectivity index (χ0) is 10.4. The second-order valence-electron chi connectivity index (χ2n) is 2.90. The molecule has 3 nitrogen and oxygen atoms in total. The molecule has 0 aliphatic heterocycles. The molecule has 0 saturated carbocycles. The standard InChI is InChI=1S/C10H14ClNO2/c1-13-4-5-14-7-8-6-9(12)2-3-10(8)11/h2-3,6H,4-5,7,12H2,1H3. The molecule has 0 atom stereocenters. The van der Waals surface area contributed by atoms with Crippen LogP contribution in [0.4, 0.5) is 5.69 Å². The van der Waals surface area contributed by atoms with E-state index < -0.39 is 0 Å². The lowest BCUT2D eigenvalue weighted by Crippen LogP contribution is -2.02. The fourth-order valence-electron chi connectivity index (χ4n) is 1.03. The molecule has 0 bridgehead atoms. The minimum atomic E-state index is 0.466. The topological polar surface area (TPSA) is 44.5 Å². The maximum absolute atomic E-state index is 5.94. The monoisotopic (exact) mass is 215 g/mol. The highest BCUT2D eigenvalue weighted by atomic mass is 35.5. The summed E-state index contributed by atoms with van der Waals surface area (Å²) >= 11 is 5.94. The molecule has 0 aromatic heterocycles. The molecule has 0 saturated heterocycles. The molecule has 0 aliphatic rings. The molecule has 2 N–H and O–H groups in total. The summed E-state index contributed by atoms with van der Waals surface area (Å²) in [6.45, 7) is 1.61. The Morgan fingerprint density at radius 3 is 2.86 bits per heavy atom. The normalized spacial score (nSPS) is 10.4. The third kappa shape index (κ3) is 3.54. The lowest BCUT2D eigenvalue weighted by Gasteiger charge is -2.06. The fraction of sp³-hybridized carbons (Fsp3) is 0.400. The molecule has 1 aromatic carbocycles. The second kappa shape index (κ2) is 5.86. The number of ether oxygens (including phenoxy) is 2. The lowest BCUT2D eigenvalue weighted by molar-refractivity contribution is 0.0617. The highest BCUT2D eigenvalue weighted by Crippen LogP contribution is 2.19. The van der Waals surface area contributed by atoms with Crippen molar-refractivity contribution in [3.05, 3.63) is 28.8 Å². The van der Waals surface area contributed by atoms with Crippen LogP contribution < -0.4 is 5.73 Å². The van der Waals surface area contributed by atoms with Gasteiger partial charge in [-0.25, -0.2) is 0 Å². The van der Waals surface area contributed by atoms with E-state index in [0.29, 0.717) is 30.5 Å². The molecular weight excluding hydrogens is 202 g/mol. The van der Waals surface area contributed by atoms with Crippen LogP contribution in [0.15, 0.2) is 18.2 Å². The third-order valence-corrected chi connectivity index (χ3v) is 2.13. The smallest absolute Gasteiger partial charge is 0.0733 e. The number of nitrogen functional groups attached to an aromatic ring is 1. The van der Waals surface area contributed by atoms with Gasteiger partial charge in [-0.1, -0.05) is 11.6 Å². The number of nitrogens with two attached hydrogens (primary N) is 1. The Hall–Kier alpha value is -0.770. The van der Waals surface area contributed by atoms with Gasteiger partial charge >= 0.3 is 0 Å². The fourth-order valence-corrected chi connectivity index (χ4v) is 1.20. The summed E-state index contributed by atoms with van der Waals surface area (Å²) in [6, 6.07) is 5.35. The van der Waals surface area contributed by atoms with Gasteiger partial charge in [0, 0.05) is 17.8 Å². The van der Waals surface area contributed by atoms with Crippen molar-refractivity contribution < 1.29 is 9.47 Å². The first kappa shape index (κ1) is 11.3. The molecule has 0 amide bonds. The molecule has 1 aromatic rings. The van der Waals surface area contributed by atoms with Crippen molar-refractivity contribution >= 4 is 17.3 Å². The van der Waals surface area contributed by atoms with E-state index in [4.69, 9.17) is 26.8 Å². The van der Waals surface area contributed by atoms with Crippen molar-refractivity contribution in [2.45, 2.75) is 6.61 Å². The summed E-state index contributed by atoms with van der Waals surface area (Å²) in [6.07, 6.45) is 0. The average Bonchev–Trinajstić information content (AvgIpc) is 2.18. The molecule has 14 heavy (non-hydrogen) atoms. The van der Waals surface area contributed by atoms with E-state index in [9.17, 15) is 0 Å². The van der Waals surface area contributed by atoms with Gasteiger partial charge in [0.15, 0.2) is 0 Å². The molecule has 1 rings (SSSR count). The number of halogens is 1. The van der Waals surface area contributed by atoms with Crippen molar-refractivity contribution in [3.8, 4) is 0 Å². The van der Waals surface area contributed by atoms with Gasteiger partial charge in [0.1, 0.15) is 0 Å². The van der Waals surface area contributed by atoms with Crippen LogP contribution in [0.1, 0.15) is 5.56 Å². The predicted octanol–water partition coefficient (Wildman–Crippen LogP) is 2.09. The maximum atomic E-state index is 5.94. The van der Waals surface area contributed by atoms with E-state index in [0.717, 1.165) is 5.56 Å². The van der Waals surface area contributed by atoms with E-state index in [1.807, 2.05) is 6.07 Å². The van der Waals surface area contributed by atoms with Gasteiger partial charge in [-0.3, -0.25) is 0 Å². The number of hydrogen-bond acceptors (Lipinski definition) is 3. The van der Waals surface area contributed by atoms with Crippen LogP contribution in [0.3, 0.4) is 0 Å². The van der Waals surface area contributed by atoms with Crippen LogP contribution >= 0.6 is 11.6 Å². The molecular formula is C10H14ClNO2. The van der Waals surface area contributed by atoms with Gasteiger partial charge < -0.3 is 15.2 Å². The molecule has 4 heteroatoms. The quantitative estimate of drug-likeness (QED) is 0.604. The Labute approximate surface area is 88.8 Å². The van der Waals surface area contributed by atoms with E-state index in [-0.39, 0.29) is 0 Å². The Morgan fingerprint density at radius 1 is 1.36 bits per heavy atom. The lowest BCUT2D eigenvalue weighted by atomic mass is 10.2. The Bertz CT molecular complexity index is 291. The SMILES string of the molecule is COCCOCc1cc(N)ccc1Cl. The summed E-state index contributed by atoms with van der Waals surface area (Å²) in [5.41, 5.74) is 7.22. The third-order valence-electron chi connectivity index (χ3n) is 1.76. The molecule has 0 fully saturated rings. The summed E-state index contributed by atoms with van der Waals surface area (Å²) < 4.78 is 10.2. The first-order valence-corrected chi connectivity index (χ1v) is 4.72. The molecule has 0 unspecified atom stereocenters. The molecule has 0 heterocycles. The first-order chi connectivity index (χ1) is 6.74. The average molecular weight is 216 g/mol. The number of methoxy groups -OCH3 is 1. The van der Waals surface area contributed by atoms with Gasteiger partial charge in [-0.2, -0.15) is 0 Å². The van der Waals surface area contributed by atoms with Crippen molar-refractivity contribution in [3.63, 3.8) is 0 Å². The number of rotatable bonds is 5. The maximum Gasteiger partial charge on any atom is 0.0733 e. The highest BCUT2D eigenvalue weighted by Gasteiger charge is 2.00. The Morgan fingerprint density at radius 2 is 2.14 bits per heavy atom. The second-order valence-corrected chi connectivity index (χ2v) is 3.30. The number of hydrogen-bond donors (Lipinski definition) is 1. The molecule has 0 spiro atoms. The largest absolute Gasteiger partial charge is 0.399 e. The van der Waals surface area contributed by atoms with E-state index >= 15 is 0 Å². The minimum Gasteiger partial charge on any atom is -0.399 e. The zero-order valence-corrected chi connectivity index (χ0v) is 8.88. The minimum absolute atomic E-state index is 0.466. The Balaban J connectivity index is 2.45. The van der Waals surface area contributed by atoms with Crippen LogP contribution in [0.25, 0.3) is 0 Å². The van der Waals surface area contributed by atoms with Gasteiger partial charge in [-0.15, -0.1) is 0 Å². The molecule has 0 radical (unpaired) electrons. The van der Waals surface area contributed by atoms with Crippen LogP contribution in [0.5, 0.6) is 0 Å². The van der Waals surface area contributed by atoms with E-state index in [2.05, 4.69) is 0 Å². The Kier molecular flexibility index (Phi) is 4.73. The van der Waals surface area contributed by atoms with Crippen LogP contribution in [-0.2, 0) is 16.1 Å². The zero-order valence-electron chi connectivity index (χ0n) is 8.13. The van der Waals surface area contributed by atoms with Gasteiger partial charge in [-0.05, 0) is 23.8 Å². The summed E-state index contributed by atoms with van der Waals surface area (Å²) in [5.74, 6) is 0. The van der Waals surface area contributed by atoms with E-state index in [1.165, 1.54) is 0 Å². The summed E-state index contributed by atoms with van der Waals surface area (Å²) in [7, 11) is 1.64. The van der Waals surface area contributed by atoms with Crippen LogP contribution in [0.2, 0.25) is 5.02 Å². The van der Waals surface area contributed by atoms with Crippen LogP contribution in [-0.4, -0.2) is 20.3 Å². The van der Waals surface area contributed by atoms with Gasteiger partial charge in [0.05, 0.1) is 19.8 Å². The van der Waals surface area contributed by atoms with Gasteiger partial charge in [0.25, 0.3) is 0 Å². The number of anilines is 1. The van der Waals surface area contributed by atoms with Crippen molar-refractivity contribution in [2.24, 2.45) is 0 Å². The summed E-state index contributed by atoms with van der Waals surface area (Å²) in [5, 5.41) is 0.677. The van der Waals surface area contributed by atoms with Crippen molar-refractivity contribution in [2.75, 3.05) is 26.1 Å². The van der Waals surface area contributed by atoms with Crippen LogP contribution in [0, 0.1) is 0 Å². The van der Waals surface area contributed by atoms with Gasteiger partial charge in [0.2, 0.25) is 0 Å². The highest BCUT2D eigenvalue weighted by molar-refractivity contribution is 6.31. The first-order valence-electron chi connectivity index (χ1n) is 4.34. The predicted molar refractivity (Wildman–Crippen MR) is 57.4 cm³/mol. The molecule has 78 valence electrons. The van der Waals surface area contributed by atoms with Crippen molar-refractivity contribution in [1.29, 1.82) is 0 Å². The van der Waals surface area contributed by atoms with E-state index in [1.54, 1.807) is 19.2 Å².